The Labute approximate surface area is 127 Å². The number of ether oxygens (including phenoxy) is 1. The van der Waals surface area contributed by atoms with Gasteiger partial charge < -0.3 is 14.7 Å². The summed E-state index contributed by atoms with van der Waals surface area (Å²) in [4.78, 5) is 18.3. The van der Waals surface area contributed by atoms with Crippen LogP contribution in [0.5, 0.6) is 5.75 Å². The van der Waals surface area contributed by atoms with Gasteiger partial charge in [-0.25, -0.2) is 4.98 Å². The highest BCUT2D eigenvalue weighted by Crippen LogP contribution is 2.32. The molecule has 0 saturated heterocycles. The highest BCUT2D eigenvalue weighted by atomic mass is 32.1. The van der Waals surface area contributed by atoms with Crippen molar-refractivity contribution < 1.29 is 14.6 Å². The number of methoxy groups -OCH3 is 1. The number of likely N-dealkylation sites (N-methyl/N-ethyl adjacent to an activating group) is 1. The summed E-state index contributed by atoms with van der Waals surface area (Å²) in [7, 11) is 1.61. The van der Waals surface area contributed by atoms with Crippen LogP contribution in [-0.4, -0.2) is 47.7 Å². The molecule has 1 aromatic carbocycles. The number of aromatic nitrogens is 1. The molecular formula is C15H18N2O3S. The summed E-state index contributed by atoms with van der Waals surface area (Å²) in [6.07, 6.45) is 0. The number of benzene rings is 1. The van der Waals surface area contributed by atoms with Crippen molar-refractivity contribution in [2.24, 2.45) is 0 Å². The fourth-order valence-electron chi connectivity index (χ4n) is 2.00. The Morgan fingerprint density at radius 1 is 1.43 bits per heavy atom. The van der Waals surface area contributed by atoms with E-state index in [9.17, 15) is 4.79 Å². The molecule has 5 nitrogen and oxygen atoms in total. The first-order valence-electron chi connectivity index (χ1n) is 6.70. The maximum absolute atomic E-state index is 12.3. The monoisotopic (exact) mass is 306 g/mol. The predicted molar refractivity (Wildman–Crippen MR) is 82.8 cm³/mol. The first-order valence-corrected chi connectivity index (χ1v) is 7.58. The van der Waals surface area contributed by atoms with Gasteiger partial charge in [0.05, 0.1) is 19.3 Å². The average molecular weight is 306 g/mol. The second-order valence-corrected chi connectivity index (χ2v) is 5.20. The number of carbonyl (C=O) groups is 1. The number of nitrogens with zero attached hydrogens (tertiary/aromatic N) is 2. The van der Waals surface area contributed by atoms with Crippen molar-refractivity contribution in [1.29, 1.82) is 0 Å². The van der Waals surface area contributed by atoms with Crippen LogP contribution in [0, 0.1) is 0 Å². The van der Waals surface area contributed by atoms with E-state index in [1.165, 1.54) is 11.3 Å². The van der Waals surface area contributed by atoms with Crippen LogP contribution in [0.3, 0.4) is 0 Å². The number of rotatable bonds is 6. The van der Waals surface area contributed by atoms with Crippen molar-refractivity contribution in [2.75, 3.05) is 26.8 Å². The van der Waals surface area contributed by atoms with Gasteiger partial charge >= 0.3 is 0 Å². The van der Waals surface area contributed by atoms with E-state index < -0.39 is 0 Å². The van der Waals surface area contributed by atoms with Crippen LogP contribution < -0.4 is 4.74 Å². The van der Waals surface area contributed by atoms with Gasteiger partial charge in [-0.15, -0.1) is 11.3 Å². The van der Waals surface area contributed by atoms with Crippen LogP contribution in [0.25, 0.3) is 10.6 Å². The molecule has 0 aliphatic carbocycles. The largest absolute Gasteiger partial charge is 0.496 e. The van der Waals surface area contributed by atoms with Crippen LogP contribution in [0.1, 0.15) is 17.4 Å². The van der Waals surface area contributed by atoms with E-state index in [1.54, 1.807) is 17.4 Å². The van der Waals surface area contributed by atoms with Crippen molar-refractivity contribution in [1.82, 2.24) is 9.88 Å². The van der Waals surface area contributed by atoms with Gasteiger partial charge in [0.25, 0.3) is 5.91 Å². The molecule has 0 unspecified atom stereocenters. The molecule has 6 heteroatoms. The highest BCUT2D eigenvalue weighted by molar-refractivity contribution is 7.13. The van der Waals surface area contributed by atoms with Crippen molar-refractivity contribution in [2.45, 2.75) is 6.92 Å². The van der Waals surface area contributed by atoms with Crippen molar-refractivity contribution >= 4 is 17.2 Å². The van der Waals surface area contributed by atoms with E-state index in [2.05, 4.69) is 4.98 Å². The summed E-state index contributed by atoms with van der Waals surface area (Å²) in [5.41, 5.74) is 1.27. The minimum absolute atomic E-state index is 0.0525. The Morgan fingerprint density at radius 2 is 2.19 bits per heavy atom. The molecule has 0 saturated carbocycles. The zero-order chi connectivity index (χ0) is 15.2. The maximum Gasteiger partial charge on any atom is 0.273 e. The maximum atomic E-state index is 12.3. The van der Waals surface area contributed by atoms with Crippen LogP contribution in [0.15, 0.2) is 29.6 Å². The Morgan fingerprint density at radius 3 is 2.86 bits per heavy atom. The van der Waals surface area contributed by atoms with Gasteiger partial charge in [-0.1, -0.05) is 12.1 Å². The number of aliphatic hydroxyl groups is 1. The van der Waals surface area contributed by atoms with Crippen molar-refractivity contribution in [3.63, 3.8) is 0 Å². The SMILES string of the molecule is CCN(CCO)C(=O)c1csc(-c2ccccc2OC)n1. The summed E-state index contributed by atoms with van der Waals surface area (Å²) in [5.74, 6) is 0.567. The van der Waals surface area contributed by atoms with E-state index in [0.717, 1.165) is 16.3 Å². The molecule has 1 heterocycles. The Kier molecular flexibility index (Phi) is 5.30. The predicted octanol–water partition coefficient (Wildman–Crippen LogP) is 2.27. The van der Waals surface area contributed by atoms with Gasteiger partial charge in [0, 0.05) is 18.5 Å². The smallest absolute Gasteiger partial charge is 0.273 e. The standard InChI is InChI=1S/C15H18N2O3S/c1-3-17(8-9-18)15(19)12-10-21-14(16-12)11-6-4-5-7-13(11)20-2/h4-7,10,18H,3,8-9H2,1-2H3. The molecule has 21 heavy (non-hydrogen) atoms. The van der Waals surface area contributed by atoms with Crippen LogP contribution in [0.4, 0.5) is 0 Å². The molecule has 1 amide bonds. The molecule has 0 atom stereocenters. The fraction of sp³-hybridized carbons (Fsp3) is 0.333. The van der Waals surface area contributed by atoms with E-state index in [4.69, 9.17) is 9.84 Å². The van der Waals surface area contributed by atoms with Gasteiger partial charge in [-0.2, -0.15) is 0 Å². The minimum atomic E-state index is -0.163. The molecule has 0 fully saturated rings. The lowest BCUT2D eigenvalue weighted by atomic mass is 10.2. The number of carbonyl (C=O) groups excluding carboxylic acids is 1. The third-order valence-corrected chi connectivity index (χ3v) is 3.98. The van der Waals surface area contributed by atoms with Gasteiger partial charge in [0.1, 0.15) is 16.5 Å². The van der Waals surface area contributed by atoms with Gasteiger partial charge in [-0.05, 0) is 19.1 Å². The first kappa shape index (κ1) is 15.5. The summed E-state index contributed by atoms with van der Waals surface area (Å²) in [6.45, 7) is 2.68. The lowest BCUT2D eigenvalue weighted by molar-refractivity contribution is 0.0727. The van der Waals surface area contributed by atoms with Gasteiger partial charge in [-0.3, -0.25) is 4.79 Å². The lowest BCUT2D eigenvalue weighted by Gasteiger charge is -2.18. The van der Waals surface area contributed by atoms with Crippen LogP contribution in [-0.2, 0) is 0 Å². The quantitative estimate of drug-likeness (QED) is 0.889. The number of para-hydroxylation sites is 1. The summed E-state index contributed by atoms with van der Waals surface area (Å²) < 4.78 is 5.31. The van der Waals surface area contributed by atoms with Crippen LogP contribution >= 0.6 is 11.3 Å². The van der Waals surface area contributed by atoms with Crippen LogP contribution in [0.2, 0.25) is 0 Å². The van der Waals surface area contributed by atoms with Crippen molar-refractivity contribution in [3.8, 4) is 16.3 Å². The van der Waals surface area contributed by atoms with Gasteiger partial charge in [0.15, 0.2) is 0 Å². The molecule has 0 spiro atoms. The van der Waals surface area contributed by atoms with Gasteiger partial charge in [0.2, 0.25) is 0 Å². The molecule has 0 aliphatic heterocycles. The zero-order valence-electron chi connectivity index (χ0n) is 12.1. The first-order chi connectivity index (χ1) is 10.2. The molecule has 1 aromatic heterocycles. The van der Waals surface area contributed by atoms with E-state index in [1.807, 2.05) is 31.2 Å². The molecule has 2 aromatic rings. The Balaban J connectivity index is 2.27. The molecule has 1 N–H and O–H groups in total. The Bertz CT molecular complexity index is 612. The molecular weight excluding hydrogens is 288 g/mol. The molecule has 0 radical (unpaired) electrons. The van der Waals surface area contributed by atoms with Crippen molar-refractivity contribution in [3.05, 3.63) is 35.3 Å². The van der Waals surface area contributed by atoms with E-state index in [0.29, 0.717) is 18.8 Å². The number of thiazole rings is 1. The summed E-state index contributed by atoms with van der Waals surface area (Å²) in [5, 5.41) is 11.5. The average Bonchev–Trinajstić information content (AvgIpc) is 3.01. The number of hydrogen-bond acceptors (Lipinski definition) is 5. The molecule has 2 rings (SSSR count). The third kappa shape index (κ3) is 3.40. The molecule has 0 bridgehead atoms. The number of hydrogen-bond donors (Lipinski definition) is 1. The minimum Gasteiger partial charge on any atom is -0.496 e. The number of amides is 1. The summed E-state index contributed by atoms with van der Waals surface area (Å²) >= 11 is 1.41. The molecule has 112 valence electrons. The summed E-state index contributed by atoms with van der Waals surface area (Å²) in [6, 6.07) is 7.58. The van der Waals surface area contributed by atoms with E-state index >= 15 is 0 Å². The fourth-order valence-corrected chi connectivity index (χ4v) is 2.83. The molecule has 0 aliphatic rings. The zero-order valence-corrected chi connectivity index (χ0v) is 12.9. The second kappa shape index (κ2) is 7.19. The third-order valence-electron chi connectivity index (χ3n) is 3.10. The lowest BCUT2D eigenvalue weighted by Crippen LogP contribution is -2.33. The number of aliphatic hydroxyl groups excluding tert-OH is 1. The second-order valence-electron chi connectivity index (χ2n) is 4.35. The normalized spacial score (nSPS) is 10.4. The Hall–Kier alpha value is -1.92. The highest BCUT2D eigenvalue weighted by Gasteiger charge is 2.18. The topological polar surface area (TPSA) is 62.7 Å². The van der Waals surface area contributed by atoms with E-state index in [-0.39, 0.29) is 12.5 Å².